The smallest absolute Gasteiger partial charge is 0.333 e. The van der Waals surface area contributed by atoms with Gasteiger partial charge in [0, 0.05) is 30.6 Å². The van der Waals surface area contributed by atoms with Gasteiger partial charge in [-0.15, -0.1) is 0 Å². The van der Waals surface area contributed by atoms with Gasteiger partial charge < -0.3 is 29.0 Å². The lowest BCUT2D eigenvalue weighted by molar-refractivity contribution is -0.153. The maximum Gasteiger partial charge on any atom is 0.333 e. The first-order valence-corrected chi connectivity index (χ1v) is 11.3. The fourth-order valence-corrected chi connectivity index (χ4v) is 3.72. The van der Waals surface area contributed by atoms with E-state index in [4.69, 9.17) is 14.2 Å². The van der Waals surface area contributed by atoms with E-state index in [2.05, 4.69) is 6.92 Å². The molecule has 0 aliphatic carbocycles. The number of ether oxygens (including phenoxy) is 3. The predicted molar refractivity (Wildman–Crippen MR) is 127 cm³/mol. The van der Waals surface area contributed by atoms with Crippen LogP contribution in [0.25, 0.3) is 10.9 Å². The van der Waals surface area contributed by atoms with Gasteiger partial charge in [-0.2, -0.15) is 0 Å². The van der Waals surface area contributed by atoms with Crippen LogP contribution in [0.3, 0.4) is 0 Å². The zero-order valence-corrected chi connectivity index (χ0v) is 19.7. The molecule has 3 aromatic rings. The highest BCUT2D eigenvalue weighted by Gasteiger charge is 2.22. The number of aliphatic hydroxyl groups is 1. The number of carboxylic acids is 1. The number of nitrogens with zero attached hydrogens (tertiary/aromatic N) is 1. The van der Waals surface area contributed by atoms with Crippen molar-refractivity contribution in [3.05, 3.63) is 59.8 Å². The van der Waals surface area contributed by atoms with Gasteiger partial charge >= 0.3 is 5.97 Å². The summed E-state index contributed by atoms with van der Waals surface area (Å²) in [5, 5.41) is 20.7. The minimum Gasteiger partial charge on any atom is -0.491 e. The lowest BCUT2D eigenvalue weighted by Gasteiger charge is -2.16. The van der Waals surface area contributed by atoms with E-state index in [0.29, 0.717) is 5.75 Å². The van der Waals surface area contributed by atoms with E-state index in [0.717, 1.165) is 28.6 Å². The van der Waals surface area contributed by atoms with Crippen molar-refractivity contribution in [2.24, 2.45) is 7.05 Å². The average molecular weight is 456 g/mol. The summed E-state index contributed by atoms with van der Waals surface area (Å²) in [6.07, 6.45) is 1.18. The zero-order valence-electron chi connectivity index (χ0n) is 19.7. The zero-order chi connectivity index (χ0) is 24.0. The van der Waals surface area contributed by atoms with Crippen molar-refractivity contribution >= 4 is 16.9 Å². The highest BCUT2D eigenvalue weighted by molar-refractivity contribution is 5.86. The summed E-state index contributed by atoms with van der Waals surface area (Å²) in [5.41, 5.74) is 3.01. The van der Waals surface area contributed by atoms with Crippen LogP contribution in [0.15, 0.2) is 48.7 Å². The van der Waals surface area contributed by atoms with Gasteiger partial charge in [-0.25, -0.2) is 4.79 Å². The van der Waals surface area contributed by atoms with Gasteiger partial charge in [0.25, 0.3) is 0 Å². The molecule has 33 heavy (non-hydrogen) atoms. The van der Waals surface area contributed by atoms with Crippen LogP contribution >= 0.6 is 0 Å². The van der Waals surface area contributed by atoms with Crippen molar-refractivity contribution in [3.8, 4) is 11.5 Å². The summed E-state index contributed by atoms with van der Waals surface area (Å²) in [7, 11) is 1.92. The van der Waals surface area contributed by atoms with Gasteiger partial charge in [0.05, 0.1) is 6.10 Å². The summed E-state index contributed by atoms with van der Waals surface area (Å²) >= 11 is 0. The number of aliphatic hydroxyl groups excluding tert-OH is 1. The molecule has 0 spiro atoms. The molecule has 0 aliphatic rings. The normalized spacial score (nSPS) is 13.3. The molecule has 7 nitrogen and oxygen atoms in total. The van der Waals surface area contributed by atoms with Crippen LogP contribution in [-0.2, 0) is 29.4 Å². The number of fused-ring (bicyclic) bond motifs is 1. The first kappa shape index (κ1) is 24.6. The Morgan fingerprint density at radius 2 is 1.76 bits per heavy atom. The Hall–Kier alpha value is -3.03. The third-order valence-corrected chi connectivity index (χ3v) is 5.35. The van der Waals surface area contributed by atoms with Crippen molar-refractivity contribution in [3.63, 3.8) is 0 Å². The monoisotopic (exact) mass is 455 g/mol. The average Bonchev–Trinajstić information content (AvgIpc) is 3.10. The summed E-state index contributed by atoms with van der Waals surface area (Å²) in [4.78, 5) is 11.6. The molecule has 0 saturated heterocycles. The quantitative estimate of drug-likeness (QED) is 0.429. The minimum atomic E-state index is -0.985. The van der Waals surface area contributed by atoms with Crippen molar-refractivity contribution in [1.82, 2.24) is 4.57 Å². The Bertz CT molecular complexity index is 1070. The molecule has 7 heteroatoms. The van der Waals surface area contributed by atoms with Gasteiger partial charge in [0.15, 0.2) is 6.10 Å². The molecular weight excluding hydrogens is 422 g/mol. The molecule has 1 aromatic heterocycles. The second-order valence-electron chi connectivity index (χ2n) is 8.44. The van der Waals surface area contributed by atoms with Crippen LogP contribution in [-0.4, -0.2) is 52.3 Å². The minimum absolute atomic E-state index is 0.0787. The SMILES string of the molecule is CCc1cccc(OCC(O)COc2ccc3c(c2)c(CC(OC(C)C)C(=O)O)cn3C)c1. The molecule has 0 saturated carbocycles. The molecule has 0 fully saturated rings. The van der Waals surface area contributed by atoms with Gasteiger partial charge in [-0.05, 0) is 61.7 Å². The summed E-state index contributed by atoms with van der Waals surface area (Å²) in [6, 6.07) is 13.4. The molecule has 0 bridgehead atoms. The fourth-order valence-electron chi connectivity index (χ4n) is 3.72. The van der Waals surface area contributed by atoms with E-state index in [-0.39, 0.29) is 25.7 Å². The number of rotatable bonds is 12. The number of aromatic nitrogens is 1. The lowest BCUT2D eigenvalue weighted by Crippen LogP contribution is -2.29. The maximum atomic E-state index is 11.6. The first-order chi connectivity index (χ1) is 15.8. The van der Waals surface area contributed by atoms with E-state index < -0.39 is 18.2 Å². The van der Waals surface area contributed by atoms with Crippen molar-refractivity contribution in [2.75, 3.05) is 13.2 Å². The van der Waals surface area contributed by atoms with Crippen LogP contribution in [0, 0.1) is 0 Å². The molecule has 2 aromatic carbocycles. The Morgan fingerprint density at radius 3 is 2.39 bits per heavy atom. The molecule has 1 heterocycles. The van der Waals surface area contributed by atoms with Gasteiger partial charge in [0.2, 0.25) is 0 Å². The van der Waals surface area contributed by atoms with E-state index in [1.165, 1.54) is 5.56 Å². The van der Waals surface area contributed by atoms with Crippen LogP contribution in [0.1, 0.15) is 31.9 Å². The Labute approximate surface area is 194 Å². The first-order valence-electron chi connectivity index (χ1n) is 11.3. The highest BCUT2D eigenvalue weighted by atomic mass is 16.5. The molecule has 2 N–H and O–H groups in total. The number of hydrogen-bond donors (Lipinski definition) is 2. The number of benzene rings is 2. The summed E-state index contributed by atoms with van der Waals surface area (Å²) < 4.78 is 19.0. The van der Waals surface area contributed by atoms with Crippen molar-refractivity contribution in [1.29, 1.82) is 0 Å². The largest absolute Gasteiger partial charge is 0.491 e. The molecule has 0 amide bonds. The molecule has 3 rings (SSSR count). The van der Waals surface area contributed by atoms with Crippen LogP contribution in [0.4, 0.5) is 0 Å². The Morgan fingerprint density at radius 1 is 1.06 bits per heavy atom. The third-order valence-electron chi connectivity index (χ3n) is 5.35. The number of carbonyl (C=O) groups is 1. The van der Waals surface area contributed by atoms with E-state index >= 15 is 0 Å². The van der Waals surface area contributed by atoms with Gasteiger partial charge in [-0.1, -0.05) is 19.1 Å². The van der Waals surface area contributed by atoms with Crippen LogP contribution in [0.2, 0.25) is 0 Å². The fraction of sp³-hybridized carbons (Fsp3) is 0.423. The number of carboxylic acid groups (broad SMARTS) is 1. The molecule has 0 radical (unpaired) electrons. The third kappa shape index (κ3) is 6.73. The maximum absolute atomic E-state index is 11.6. The highest BCUT2D eigenvalue weighted by Crippen LogP contribution is 2.27. The number of hydrogen-bond acceptors (Lipinski definition) is 5. The lowest BCUT2D eigenvalue weighted by atomic mass is 10.1. The Kier molecular flexibility index (Phi) is 8.36. The second kappa shape index (κ2) is 11.2. The predicted octanol–water partition coefficient (Wildman–Crippen LogP) is 3.98. The second-order valence-corrected chi connectivity index (χ2v) is 8.44. The number of aliphatic carboxylic acids is 1. The molecule has 178 valence electrons. The topological polar surface area (TPSA) is 90.2 Å². The van der Waals surface area contributed by atoms with Crippen molar-refractivity contribution in [2.45, 2.75) is 51.9 Å². The molecule has 2 atom stereocenters. The van der Waals surface area contributed by atoms with Gasteiger partial charge in [-0.3, -0.25) is 0 Å². The van der Waals surface area contributed by atoms with E-state index in [9.17, 15) is 15.0 Å². The van der Waals surface area contributed by atoms with Gasteiger partial charge in [0.1, 0.15) is 30.8 Å². The van der Waals surface area contributed by atoms with Crippen LogP contribution in [0.5, 0.6) is 11.5 Å². The van der Waals surface area contributed by atoms with E-state index in [1.54, 1.807) is 0 Å². The molecule has 2 unspecified atom stereocenters. The van der Waals surface area contributed by atoms with E-state index in [1.807, 2.05) is 74.1 Å². The summed E-state index contributed by atoms with van der Waals surface area (Å²) in [6.45, 7) is 5.92. The standard InChI is InChI=1S/C26H33NO6/c1-5-18-7-6-8-21(11-18)31-15-20(28)16-32-22-9-10-24-23(13-22)19(14-27(24)4)12-25(26(29)30)33-17(2)3/h6-11,13-14,17,20,25,28H,5,12,15-16H2,1-4H3,(H,29,30). The summed E-state index contributed by atoms with van der Waals surface area (Å²) in [5.74, 6) is 0.333. The van der Waals surface area contributed by atoms with Crippen molar-refractivity contribution < 1.29 is 29.2 Å². The molecule has 0 aliphatic heterocycles. The van der Waals surface area contributed by atoms with Crippen LogP contribution < -0.4 is 9.47 Å². The molecular formula is C26H33NO6. The number of aryl methyl sites for hydroxylation is 2. The Balaban J connectivity index is 1.65.